The number of aromatic amines is 1. The Hall–Kier alpha value is -2.06. The third-order valence-electron chi connectivity index (χ3n) is 4.26. The molecule has 1 unspecified atom stereocenters. The predicted octanol–water partition coefficient (Wildman–Crippen LogP) is 3.35. The Balaban J connectivity index is 2.00. The van der Waals surface area contributed by atoms with Crippen LogP contribution in [0.3, 0.4) is 0 Å². The molecule has 4 rings (SSSR count). The summed E-state index contributed by atoms with van der Waals surface area (Å²) in [4.78, 5) is 3.21. The van der Waals surface area contributed by atoms with Crippen LogP contribution in [-0.4, -0.2) is 10.1 Å². The zero-order chi connectivity index (χ0) is 12.9. The smallest absolute Gasteiger partial charge is 0.116 e. The first-order chi connectivity index (χ1) is 9.29. The Morgan fingerprint density at radius 1 is 0.947 bits per heavy atom. The van der Waals surface area contributed by atoms with Crippen LogP contribution in [0.15, 0.2) is 54.7 Å². The number of aryl methyl sites for hydroxylation is 1. The Kier molecular flexibility index (Phi) is 2.12. The van der Waals surface area contributed by atoms with E-state index in [0.29, 0.717) is 0 Å². The predicted molar refractivity (Wildman–Crippen MR) is 76.1 cm³/mol. The van der Waals surface area contributed by atoms with E-state index < -0.39 is 5.60 Å². The molecule has 1 heterocycles. The molecule has 0 aliphatic heterocycles. The zero-order valence-electron chi connectivity index (χ0n) is 10.6. The van der Waals surface area contributed by atoms with Crippen molar-refractivity contribution in [1.29, 1.82) is 0 Å². The number of fused-ring (bicyclic) bond motifs is 2. The normalized spacial score (nSPS) is 21.7. The summed E-state index contributed by atoms with van der Waals surface area (Å²) >= 11 is 0. The highest BCUT2D eigenvalue weighted by Crippen LogP contribution is 2.43. The molecule has 0 bridgehead atoms. The first-order valence-electron chi connectivity index (χ1n) is 6.66. The molecular weight excluding hydrogens is 234 g/mol. The topological polar surface area (TPSA) is 36.0 Å². The molecule has 0 amide bonds. The second-order valence-electron chi connectivity index (χ2n) is 5.26. The maximum absolute atomic E-state index is 11.2. The largest absolute Gasteiger partial charge is 0.380 e. The van der Waals surface area contributed by atoms with E-state index in [4.69, 9.17) is 0 Å². The van der Waals surface area contributed by atoms with Crippen molar-refractivity contribution in [1.82, 2.24) is 4.98 Å². The number of hydrogen-bond acceptors (Lipinski definition) is 1. The Labute approximate surface area is 111 Å². The van der Waals surface area contributed by atoms with Gasteiger partial charge in [-0.1, -0.05) is 36.4 Å². The Bertz CT molecular complexity index is 759. The lowest BCUT2D eigenvalue weighted by Gasteiger charge is -2.25. The van der Waals surface area contributed by atoms with Gasteiger partial charge in [-0.15, -0.1) is 0 Å². The molecule has 0 saturated heterocycles. The van der Waals surface area contributed by atoms with E-state index in [0.717, 1.165) is 34.9 Å². The van der Waals surface area contributed by atoms with E-state index in [9.17, 15) is 5.11 Å². The number of aromatic nitrogens is 1. The van der Waals surface area contributed by atoms with Crippen LogP contribution >= 0.6 is 0 Å². The van der Waals surface area contributed by atoms with Gasteiger partial charge in [0.2, 0.25) is 0 Å². The molecule has 2 nitrogen and oxygen atoms in total. The minimum Gasteiger partial charge on any atom is -0.380 e. The van der Waals surface area contributed by atoms with Gasteiger partial charge in [-0.3, -0.25) is 0 Å². The molecule has 0 saturated carbocycles. The summed E-state index contributed by atoms with van der Waals surface area (Å²) in [5.74, 6) is 0. The SMILES string of the molecule is OC1(c2cccc3[nH]ccc23)CCc2ccccc21. The standard InChI is InChI=1S/C17H15NO/c19-17(10-8-12-4-1-2-5-14(12)17)15-6-3-7-16-13(15)9-11-18-16/h1-7,9,11,18-19H,8,10H2. The van der Waals surface area contributed by atoms with Crippen molar-refractivity contribution in [3.8, 4) is 0 Å². The number of H-pyrrole nitrogens is 1. The molecule has 1 aliphatic rings. The number of nitrogens with one attached hydrogen (secondary N) is 1. The molecule has 1 aromatic heterocycles. The minimum absolute atomic E-state index is 0.761. The highest BCUT2D eigenvalue weighted by Gasteiger charge is 2.39. The van der Waals surface area contributed by atoms with Crippen molar-refractivity contribution in [3.05, 3.63) is 71.4 Å². The summed E-state index contributed by atoms with van der Waals surface area (Å²) in [5.41, 5.74) is 3.56. The van der Waals surface area contributed by atoms with Crippen LogP contribution < -0.4 is 0 Å². The molecule has 0 spiro atoms. The van der Waals surface area contributed by atoms with Gasteiger partial charge in [-0.2, -0.15) is 0 Å². The van der Waals surface area contributed by atoms with E-state index in [2.05, 4.69) is 11.1 Å². The van der Waals surface area contributed by atoms with Crippen LogP contribution in [0.5, 0.6) is 0 Å². The summed E-state index contributed by atoms with van der Waals surface area (Å²) in [7, 11) is 0. The van der Waals surface area contributed by atoms with Gasteiger partial charge in [-0.05, 0) is 41.7 Å². The number of rotatable bonds is 1. The molecule has 0 fully saturated rings. The highest BCUT2D eigenvalue weighted by atomic mass is 16.3. The summed E-state index contributed by atoms with van der Waals surface area (Å²) in [5, 5.41) is 12.3. The Morgan fingerprint density at radius 3 is 2.74 bits per heavy atom. The quantitative estimate of drug-likeness (QED) is 0.681. The van der Waals surface area contributed by atoms with Gasteiger partial charge in [0.05, 0.1) is 0 Å². The molecule has 3 aromatic rings. The lowest BCUT2D eigenvalue weighted by atomic mass is 9.86. The van der Waals surface area contributed by atoms with E-state index >= 15 is 0 Å². The minimum atomic E-state index is -0.849. The van der Waals surface area contributed by atoms with Crippen molar-refractivity contribution in [2.75, 3.05) is 0 Å². The van der Waals surface area contributed by atoms with Crippen LogP contribution in [0, 0.1) is 0 Å². The average Bonchev–Trinajstić information content (AvgIpc) is 3.05. The van der Waals surface area contributed by atoms with Gasteiger partial charge in [0.25, 0.3) is 0 Å². The molecule has 94 valence electrons. The van der Waals surface area contributed by atoms with Gasteiger partial charge in [0.15, 0.2) is 0 Å². The summed E-state index contributed by atoms with van der Waals surface area (Å²) in [6.45, 7) is 0. The summed E-state index contributed by atoms with van der Waals surface area (Å²) in [6.07, 6.45) is 3.63. The zero-order valence-corrected chi connectivity index (χ0v) is 10.6. The number of benzene rings is 2. The van der Waals surface area contributed by atoms with Crippen LogP contribution in [0.4, 0.5) is 0 Å². The van der Waals surface area contributed by atoms with Gasteiger partial charge in [0, 0.05) is 17.1 Å². The fourth-order valence-electron chi connectivity index (χ4n) is 3.32. The van der Waals surface area contributed by atoms with E-state index in [1.807, 2.05) is 48.7 Å². The van der Waals surface area contributed by atoms with Crippen LogP contribution in [0.25, 0.3) is 10.9 Å². The van der Waals surface area contributed by atoms with Gasteiger partial charge < -0.3 is 10.1 Å². The maximum atomic E-state index is 11.2. The van der Waals surface area contributed by atoms with E-state index in [-0.39, 0.29) is 0 Å². The van der Waals surface area contributed by atoms with Crippen LogP contribution in [-0.2, 0) is 12.0 Å². The molecule has 1 atom stereocenters. The Morgan fingerprint density at radius 2 is 1.79 bits per heavy atom. The lowest BCUT2D eigenvalue weighted by Crippen LogP contribution is -2.24. The van der Waals surface area contributed by atoms with Crippen molar-refractivity contribution >= 4 is 10.9 Å². The first-order valence-corrected chi connectivity index (χ1v) is 6.66. The second kappa shape index (κ2) is 3.72. The first kappa shape index (κ1) is 10.8. The van der Waals surface area contributed by atoms with Crippen molar-refractivity contribution in [2.45, 2.75) is 18.4 Å². The van der Waals surface area contributed by atoms with Crippen LogP contribution in [0.1, 0.15) is 23.1 Å². The monoisotopic (exact) mass is 249 g/mol. The molecule has 2 heteroatoms. The maximum Gasteiger partial charge on any atom is 0.116 e. The van der Waals surface area contributed by atoms with Crippen molar-refractivity contribution in [2.24, 2.45) is 0 Å². The molecular formula is C17H15NO. The van der Waals surface area contributed by atoms with Gasteiger partial charge >= 0.3 is 0 Å². The molecule has 19 heavy (non-hydrogen) atoms. The molecule has 2 aromatic carbocycles. The summed E-state index contributed by atoms with van der Waals surface area (Å²) in [6, 6.07) is 16.4. The molecule has 0 radical (unpaired) electrons. The number of hydrogen-bond donors (Lipinski definition) is 2. The van der Waals surface area contributed by atoms with Crippen molar-refractivity contribution in [3.63, 3.8) is 0 Å². The lowest BCUT2D eigenvalue weighted by molar-refractivity contribution is 0.0845. The van der Waals surface area contributed by atoms with Crippen LogP contribution in [0.2, 0.25) is 0 Å². The second-order valence-corrected chi connectivity index (χ2v) is 5.26. The summed E-state index contributed by atoms with van der Waals surface area (Å²) < 4.78 is 0. The fourth-order valence-corrected chi connectivity index (χ4v) is 3.32. The van der Waals surface area contributed by atoms with Gasteiger partial charge in [0.1, 0.15) is 5.60 Å². The van der Waals surface area contributed by atoms with E-state index in [1.165, 1.54) is 5.56 Å². The fraction of sp³-hybridized carbons (Fsp3) is 0.176. The molecule has 2 N–H and O–H groups in total. The third-order valence-corrected chi connectivity index (χ3v) is 4.26. The number of aliphatic hydroxyl groups is 1. The van der Waals surface area contributed by atoms with Gasteiger partial charge in [-0.25, -0.2) is 0 Å². The third kappa shape index (κ3) is 1.41. The van der Waals surface area contributed by atoms with Crippen molar-refractivity contribution < 1.29 is 5.11 Å². The van der Waals surface area contributed by atoms with E-state index in [1.54, 1.807) is 0 Å². The average molecular weight is 249 g/mol. The highest BCUT2D eigenvalue weighted by molar-refractivity contribution is 5.84. The molecule has 1 aliphatic carbocycles.